The van der Waals surface area contributed by atoms with Gasteiger partial charge in [-0.3, -0.25) is 4.79 Å². The minimum atomic E-state index is -0.234. The van der Waals surface area contributed by atoms with Crippen molar-refractivity contribution in [2.75, 3.05) is 0 Å². The Hall–Kier alpha value is -3.02. The summed E-state index contributed by atoms with van der Waals surface area (Å²) >= 11 is 0. The van der Waals surface area contributed by atoms with Crippen LogP contribution in [-0.4, -0.2) is 20.9 Å². The third kappa shape index (κ3) is 2.89. The summed E-state index contributed by atoms with van der Waals surface area (Å²) in [5, 5.41) is 11.5. The molecule has 1 fully saturated rings. The molecule has 1 N–H and O–H groups in total. The minimum absolute atomic E-state index is 0.185. The van der Waals surface area contributed by atoms with E-state index in [0.717, 1.165) is 29.8 Å². The Bertz CT molecular complexity index is 1050. The third-order valence-corrected chi connectivity index (χ3v) is 5.68. The van der Waals surface area contributed by atoms with Crippen LogP contribution in [0, 0.1) is 12.7 Å². The molecule has 1 aromatic heterocycles. The van der Waals surface area contributed by atoms with Crippen LogP contribution < -0.4 is 5.32 Å². The lowest BCUT2D eigenvalue weighted by molar-refractivity contribution is 0.0930. The van der Waals surface area contributed by atoms with Crippen LogP contribution in [0.5, 0.6) is 0 Å². The predicted molar refractivity (Wildman–Crippen MR) is 103 cm³/mol. The van der Waals surface area contributed by atoms with E-state index < -0.39 is 0 Å². The average molecular weight is 376 g/mol. The summed E-state index contributed by atoms with van der Waals surface area (Å²) in [5.74, 6) is -0.119. The number of hydrogen-bond acceptors (Lipinski definition) is 3. The maximum Gasteiger partial charge on any atom is 0.274 e. The van der Waals surface area contributed by atoms with E-state index in [9.17, 15) is 9.18 Å². The highest BCUT2D eigenvalue weighted by Crippen LogP contribution is 2.42. The number of benzene rings is 2. The number of aromatic nitrogens is 3. The van der Waals surface area contributed by atoms with E-state index in [0.29, 0.717) is 30.0 Å². The SMILES string of the molecule is Cc1ccc(-n2nnc(C(=O)NC3CCc4c(F)cccc43)c2C2CC2)cc1. The number of amides is 1. The standard InChI is InChI=1S/C22H21FN4O/c1-13-5-9-15(10-6-13)27-21(14-7-8-14)20(25-26-27)22(28)24-19-12-11-16-17(19)3-2-4-18(16)23/h2-6,9-10,14,19H,7-8,11-12H2,1H3,(H,24,28). The highest BCUT2D eigenvalue weighted by molar-refractivity contribution is 5.94. The van der Waals surface area contributed by atoms with Gasteiger partial charge in [0.1, 0.15) is 5.82 Å². The molecule has 28 heavy (non-hydrogen) atoms. The molecule has 6 heteroatoms. The molecule has 0 spiro atoms. The average Bonchev–Trinajstić information content (AvgIpc) is 3.30. The first-order valence-electron chi connectivity index (χ1n) is 9.72. The van der Waals surface area contributed by atoms with Crippen molar-refractivity contribution < 1.29 is 9.18 Å². The highest BCUT2D eigenvalue weighted by Gasteiger charge is 2.35. The van der Waals surface area contributed by atoms with Gasteiger partial charge in [0.2, 0.25) is 0 Å². The van der Waals surface area contributed by atoms with E-state index in [1.807, 2.05) is 37.3 Å². The van der Waals surface area contributed by atoms with Crippen LogP contribution in [-0.2, 0) is 6.42 Å². The molecule has 0 bridgehead atoms. The number of halogens is 1. The second kappa shape index (κ2) is 6.55. The largest absolute Gasteiger partial charge is 0.344 e. The molecule has 5 rings (SSSR count). The van der Waals surface area contributed by atoms with E-state index in [1.165, 1.54) is 11.6 Å². The van der Waals surface area contributed by atoms with Crippen molar-refractivity contribution in [1.29, 1.82) is 0 Å². The molecule has 5 nitrogen and oxygen atoms in total. The second-order valence-electron chi connectivity index (χ2n) is 7.72. The zero-order chi connectivity index (χ0) is 19.3. The van der Waals surface area contributed by atoms with Crippen molar-refractivity contribution in [3.63, 3.8) is 0 Å². The predicted octanol–water partition coefficient (Wildman–Crippen LogP) is 4.01. The Morgan fingerprint density at radius 1 is 1.14 bits per heavy atom. The lowest BCUT2D eigenvalue weighted by Gasteiger charge is -2.14. The maximum absolute atomic E-state index is 14.0. The number of carbonyl (C=O) groups excluding carboxylic acids is 1. The summed E-state index contributed by atoms with van der Waals surface area (Å²) < 4.78 is 15.8. The van der Waals surface area contributed by atoms with Gasteiger partial charge in [-0.1, -0.05) is 35.0 Å². The Labute approximate surface area is 162 Å². The van der Waals surface area contributed by atoms with Gasteiger partial charge in [-0.25, -0.2) is 9.07 Å². The number of nitrogens with one attached hydrogen (secondary N) is 1. The van der Waals surface area contributed by atoms with Gasteiger partial charge in [0, 0.05) is 5.92 Å². The second-order valence-corrected chi connectivity index (χ2v) is 7.72. The van der Waals surface area contributed by atoms with Crippen LogP contribution in [0.4, 0.5) is 4.39 Å². The molecule has 1 amide bonds. The van der Waals surface area contributed by atoms with E-state index in [1.54, 1.807) is 10.7 Å². The molecule has 0 saturated heterocycles. The fraction of sp³-hybridized carbons (Fsp3) is 0.318. The molecule has 0 radical (unpaired) electrons. The van der Waals surface area contributed by atoms with Crippen molar-refractivity contribution in [3.05, 3.63) is 76.4 Å². The number of fused-ring (bicyclic) bond motifs is 1. The monoisotopic (exact) mass is 376 g/mol. The number of rotatable bonds is 4. The summed E-state index contributed by atoms with van der Waals surface area (Å²) in [5.41, 5.74) is 4.91. The van der Waals surface area contributed by atoms with Crippen LogP contribution in [0.25, 0.3) is 5.69 Å². The van der Waals surface area contributed by atoms with Gasteiger partial charge in [-0.05, 0) is 61.9 Å². The molecule has 1 atom stereocenters. The first-order valence-corrected chi connectivity index (χ1v) is 9.72. The van der Waals surface area contributed by atoms with Crippen molar-refractivity contribution in [3.8, 4) is 5.69 Å². The number of carbonyl (C=O) groups is 1. The Balaban J connectivity index is 1.45. The lowest BCUT2D eigenvalue weighted by atomic mass is 10.1. The first kappa shape index (κ1) is 17.1. The minimum Gasteiger partial charge on any atom is -0.344 e. The maximum atomic E-state index is 14.0. The molecule has 1 heterocycles. The zero-order valence-electron chi connectivity index (χ0n) is 15.7. The Kier molecular flexibility index (Phi) is 4.00. The van der Waals surface area contributed by atoms with Crippen LogP contribution in [0.2, 0.25) is 0 Å². The summed E-state index contributed by atoms with van der Waals surface area (Å²) in [4.78, 5) is 13.0. The van der Waals surface area contributed by atoms with Gasteiger partial charge in [0.15, 0.2) is 5.69 Å². The van der Waals surface area contributed by atoms with Crippen molar-refractivity contribution in [2.45, 2.75) is 44.6 Å². The van der Waals surface area contributed by atoms with Crippen LogP contribution in [0.1, 0.15) is 64.1 Å². The summed E-state index contributed by atoms with van der Waals surface area (Å²) in [6, 6.07) is 12.9. The van der Waals surface area contributed by atoms with Crippen LogP contribution in [0.3, 0.4) is 0 Å². The van der Waals surface area contributed by atoms with Crippen molar-refractivity contribution in [2.24, 2.45) is 0 Å². The van der Waals surface area contributed by atoms with Gasteiger partial charge in [0.05, 0.1) is 17.4 Å². The summed E-state index contributed by atoms with van der Waals surface area (Å²) in [6.07, 6.45) is 3.42. The fourth-order valence-corrected chi connectivity index (χ4v) is 4.04. The van der Waals surface area contributed by atoms with Gasteiger partial charge < -0.3 is 5.32 Å². The van der Waals surface area contributed by atoms with Gasteiger partial charge in [-0.15, -0.1) is 5.10 Å². The molecule has 3 aromatic rings. The summed E-state index contributed by atoms with van der Waals surface area (Å²) in [7, 11) is 0. The van der Waals surface area contributed by atoms with Gasteiger partial charge >= 0.3 is 0 Å². The molecule has 0 aliphatic heterocycles. The number of nitrogens with zero attached hydrogens (tertiary/aromatic N) is 3. The fourth-order valence-electron chi connectivity index (χ4n) is 4.04. The van der Waals surface area contributed by atoms with Crippen LogP contribution >= 0.6 is 0 Å². The topological polar surface area (TPSA) is 59.8 Å². The molecule has 142 valence electrons. The molecular formula is C22H21FN4O. The van der Waals surface area contributed by atoms with Crippen molar-refractivity contribution >= 4 is 5.91 Å². The van der Waals surface area contributed by atoms with E-state index in [2.05, 4.69) is 15.6 Å². The first-order chi connectivity index (χ1) is 13.6. The molecule has 2 aromatic carbocycles. The number of hydrogen-bond donors (Lipinski definition) is 1. The molecule has 2 aliphatic rings. The molecule has 1 saturated carbocycles. The Morgan fingerprint density at radius 3 is 2.68 bits per heavy atom. The molecule has 1 unspecified atom stereocenters. The van der Waals surface area contributed by atoms with E-state index >= 15 is 0 Å². The number of aryl methyl sites for hydroxylation is 1. The van der Waals surface area contributed by atoms with E-state index in [-0.39, 0.29) is 17.8 Å². The molecule has 2 aliphatic carbocycles. The smallest absolute Gasteiger partial charge is 0.274 e. The highest BCUT2D eigenvalue weighted by atomic mass is 19.1. The lowest BCUT2D eigenvalue weighted by Crippen LogP contribution is -2.28. The third-order valence-electron chi connectivity index (χ3n) is 5.68. The van der Waals surface area contributed by atoms with E-state index in [4.69, 9.17) is 0 Å². The summed E-state index contributed by atoms with van der Waals surface area (Å²) in [6.45, 7) is 2.04. The quantitative estimate of drug-likeness (QED) is 0.748. The normalized spacial score (nSPS) is 18.1. The van der Waals surface area contributed by atoms with Crippen molar-refractivity contribution in [1.82, 2.24) is 20.3 Å². The van der Waals surface area contributed by atoms with Gasteiger partial charge in [-0.2, -0.15) is 0 Å². The van der Waals surface area contributed by atoms with Gasteiger partial charge in [0.25, 0.3) is 5.91 Å². The Morgan fingerprint density at radius 2 is 1.93 bits per heavy atom. The van der Waals surface area contributed by atoms with Crippen LogP contribution in [0.15, 0.2) is 42.5 Å². The zero-order valence-corrected chi connectivity index (χ0v) is 15.7. The molecular weight excluding hydrogens is 355 g/mol.